The average molecular weight is 311 g/mol. The first kappa shape index (κ1) is 15.8. The van der Waals surface area contributed by atoms with Crippen LogP contribution in [-0.2, 0) is 14.3 Å². The molecule has 5 nitrogen and oxygen atoms in total. The van der Waals surface area contributed by atoms with Crippen molar-refractivity contribution in [1.82, 2.24) is 4.98 Å². The van der Waals surface area contributed by atoms with E-state index in [9.17, 15) is 9.59 Å². The molecule has 0 aliphatic heterocycles. The Morgan fingerprint density at radius 2 is 2.14 bits per heavy atom. The van der Waals surface area contributed by atoms with E-state index in [1.807, 2.05) is 0 Å². The molecule has 0 saturated heterocycles. The molecule has 0 spiro atoms. The molecule has 1 aromatic rings. The number of esters is 1. The maximum absolute atomic E-state index is 11.9. The monoisotopic (exact) mass is 310 g/mol. The third-order valence-corrected chi connectivity index (χ3v) is 3.81. The van der Waals surface area contributed by atoms with E-state index in [1.165, 1.54) is 19.0 Å². The first-order chi connectivity index (χ1) is 10.0. The molecular formula is C15H19ClN2O3. The van der Waals surface area contributed by atoms with E-state index in [2.05, 4.69) is 10.3 Å². The highest BCUT2D eigenvalue weighted by molar-refractivity contribution is 6.30. The number of nitrogens with zero attached hydrogens (tertiary/aromatic N) is 1. The van der Waals surface area contributed by atoms with Gasteiger partial charge in [-0.25, -0.2) is 4.98 Å². The van der Waals surface area contributed by atoms with E-state index in [4.69, 9.17) is 16.3 Å². The van der Waals surface area contributed by atoms with Crippen LogP contribution in [0.25, 0.3) is 0 Å². The zero-order valence-electron chi connectivity index (χ0n) is 12.0. The Kier molecular flexibility index (Phi) is 5.56. The lowest BCUT2D eigenvalue weighted by Crippen LogP contribution is -2.30. The maximum atomic E-state index is 11.9. The Hall–Kier alpha value is -1.62. The van der Waals surface area contributed by atoms with Crippen molar-refractivity contribution in [3.63, 3.8) is 0 Å². The van der Waals surface area contributed by atoms with Gasteiger partial charge in [0.1, 0.15) is 5.82 Å². The van der Waals surface area contributed by atoms with Gasteiger partial charge >= 0.3 is 5.97 Å². The largest absolute Gasteiger partial charge is 0.453 e. The smallest absolute Gasteiger partial charge is 0.306 e. The molecule has 1 aromatic heterocycles. The Bertz CT molecular complexity index is 498. The normalized spacial score (nSPS) is 16.5. The number of carbonyl (C=O) groups is 2. The standard InChI is InChI=1S/C15H19ClN2O3/c1-10(21-14(19)8-11-4-2-3-5-11)15(20)18-13-7-6-12(16)9-17-13/h6-7,9-11H,2-5,8H2,1H3,(H,17,18,20). The number of hydrogen-bond acceptors (Lipinski definition) is 4. The summed E-state index contributed by atoms with van der Waals surface area (Å²) < 4.78 is 5.17. The zero-order chi connectivity index (χ0) is 15.2. The minimum atomic E-state index is -0.837. The molecule has 0 radical (unpaired) electrons. The number of pyridine rings is 1. The number of halogens is 1. The van der Waals surface area contributed by atoms with Crippen molar-refractivity contribution < 1.29 is 14.3 Å². The molecule has 1 fully saturated rings. The summed E-state index contributed by atoms with van der Waals surface area (Å²) in [6.45, 7) is 1.55. The van der Waals surface area contributed by atoms with Gasteiger partial charge in [0.25, 0.3) is 5.91 Å². The molecule has 1 N–H and O–H groups in total. The van der Waals surface area contributed by atoms with Crippen LogP contribution in [0.3, 0.4) is 0 Å². The van der Waals surface area contributed by atoms with Crippen molar-refractivity contribution in [2.45, 2.75) is 45.1 Å². The summed E-state index contributed by atoms with van der Waals surface area (Å²) in [4.78, 5) is 27.6. The number of anilines is 1. The molecule has 1 heterocycles. The van der Waals surface area contributed by atoms with Crippen LogP contribution in [0.4, 0.5) is 5.82 Å². The van der Waals surface area contributed by atoms with E-state index in [-0.39, 0.29) is 5.97 Å². The summed E-state index contributed by atoms with van der Waals surface area (Å²) in [5.41, 5.74) is 0. The Balaban J connectivity index is 1.78. The minimum absolute atomic E-state index is 0.311. The summed E-state index contributed by atoms with van der Waals surface area (Å²) in [5.74, 6) is 0.0759. The van der Waals surface area contributed by atoms with E-state index in [0.717, 1.165) is 12.8 Å². The van der Waals surface area contributed by atoms with Gasteiger partial charge in [-0.2, -0.15) is 0 Å². The van der Waals surface area contributed by atoms with Crippen LogP contribution in [0, 0.1) is 5.92 Å². The van der Waals surface area contributed by atoms with Crippen LogP contribution in [0.5, 0.6) is 0 Å². The van der Waals surface area contributed by atoms with E-state index in [0.29, 0.717) is 23.2 Å². The number of amides is 1. The molecule has 1 amide bonds. The highest BCUT2D eigenvalue weighted by Gasteiger charge is 2.23. The fraction of sp³-hybridized carbons (Fsp3) is 0.533. The number of aromatic nitrogens is 1. The number of nitrogens with one attached hydrogen (secondary N) is 1. The van der Waals surface area contributed by atoms with Gasteiger partial charge in [0, 0.05) is 12.6 Å². The number of rotatable bonds is 5. The molecule has 21 heavy (non-hydrogen) atoms. The first-order valence-corrected chi connectivity index (χ1v) is 7.54. The second-order valence-electron chi connectivity index (χ2n) is 5.34. The van der Waals surface area contributed by atoms with Crippen LogP contribution in [0.2, 0.25) is 5.02 Å². The molecule has 1 atom stereocenters. The fourth-order valence-corrected chi connectivity index (χ4v) is 2.54. The topological polar surface area (TPSA) is 68.3 Å². The third kappa shape index (κ3) is 5.01. The van der Waals surface area contributed by atoms with Gasteiger partial charge in [0.15, 0.2) is 6.10 Å². The molecule has 1 aliphatic rings. The van der Waals surface area contributed by atoms with Gasteiger partial charge in [0.2, 0.25) is 0 Å². The second-order valence-corrected chi connectivity index (χ2v) is 5.77. The van der Waals surface area contributed by atoms with Gasteiger partial charge in [-0.1, -0.05) is 24.4 Å². The van der Waals surface area contributed by atoms with Crippen LogP contribution in [0.15, 0.2) is 18.3 Å². The molecule has 6 heteroatoms. The van der Waals surface area contributed by atoms with Crippen molar-refractivity contribution in [3.8, 4) is 0 Å². The predicted molar refractivity (Wildman–Crippen MR) is 80.0 cm³/mol. The molecule has 1 saturated carbocycles. The van der Waals surface area contributed by atoms with Gasteiger partial charge < -0.3 is 10.1 Å². The fourth-order valence-electron chi connectivity index (χ4n) is 2.43. The minimum Gasteiger partial charge on any atom is -0.453 e. The van der Waals surface area contributed by atoms with E-state index in [1.54, 1.807) is 19.1 Å². The lowest BCUT2D eigenvalue weighted by molar-refractivity contribution is -0.154. The average Bonchev–Trinajstić information content (AvgIpc) is 2.94. The predicted octanol–water partition coefficient (Wildman–Crippen LogP) is 3.19. The van der Waals surface area contributed by atoms with Crippen LogP contribution < -0.4 is 5.32 Å². The highest BCUT2D eigenvalue weighted by Crippen LogP contribution is 2.27. The summed E-state index contributed by atoms with van der Waals surface area (Å²) in [7, 11) is 0. The zero-order valence-corrected chi connectivity index (χ0v) is 12.7. The van der Waals surface area contributed by atoms with Crippen molar-refractivity contribution in [1.29, 1.82) is 0 Å². The molecule has 2 rings (SSSR count). The van der Waals surface area contributed by atoms with Gasteiger partial charge in [-0.3, -0.25) is 9.59 Å². The summed E-state index contributed by atoms with van der Waals surface area (Å²) in [5, 5.41) is 3.07. The molecule has 0 aromatic carbocycles. The summed E-state index contributed by atoms with van der Waals surface area (Å²) in [6.07, 6.45) is 5.50. The second kappa shape index (κ2) is 7.41. The number of carbonyl (C=O) groups excluding carboxylic acids is 2. The van der Waals surface area contributed by atoms with Crippen molar-refractivity contribution in [2.24, 2.45) is 5.92 Å². The SMILES string of the molecule is CC(OC(=O)CC1CCCC1)C(=O)Nc1ccc(Cl)cn1. The van der Waals surface area contributed by atoms with E-state index >= 15 is 0 Å². The Morgan fingerprint density at radius 3 is 2.76 bits per heavy atom. The third-order valence-electron chi connectivity index (χ3n) is 3.59. The van der Waals surface area contributed by atoms with Crippen LogP contribution >= 0.6 is 11.6 Å². The van der Waals surface area contributed by atoms with E-state index < -0.39 is 12.0 Å². The maximum Gasteiger partial charge on any atom is 0.306 e. The van der Waals surface area contributed by atoms with Crippen LogP contribution in [-0.4, -0.2) is 23.0 Å². The van der Waals surface area contributed by atoms with Crippen molar-refractivity contribution >= 4 is 29.3 Å². The summed E-state index contributed by atoms with van der Waals surface area (Å²) >= 11 is 5.72. The first-order valence-electron chi connectivity index (χ1n) is 7.16. The highest BCUT2D eigenvalue weighted by atomic mass is 35.5. The summed E-state index contributed by atoms with van der Waals surface area (Å²) in [6, 6.07) is 3.22. The molecule has 1 unspecified atom stereocenters. The molecular weight excluding hydrogens is 292 g/mol. The molecule has 0 bridgehead atoms. The van der Waals surface area contributed by atoms with Gasteiger partial charge in [-0.05, 0) is 37.8 Å². The van der Waals surface area contributed by atoms with Crippen molar-refractivity contribution in [3.05, 3.63) is 23.4 Å². The van der Waals surface area contributed by atoms with Gasteiger partial charge in [-0.15, -0.1) is 0 Å². The van der Waals surface area contributed by atoms with Gasteiger partial charge in [0.05, 0.1) is 5.02 Å². The van der Waals surface area contributed by atoms with Crippen LogP contribution in [0.1, 0.15) is 39.0 Å². The quantitative estimate of drug-likeness (QED) is 0.848. The number of hydrogen-bond donors (Lipinski definition) is 1. The lowest BCUT2D eigenvalue weighted by atomic mass is 10.0. The Morgan fingerprint density at radius 1 is 1.43 bits per heavy atom. The Labute approximate surface area is 129 Å². The van der Waals surface area contributed by atoms with Crippen molar-refractivity contribution in [2.75, 3.05) is 5.32 Å². The molecule has 114 valence electrons. The molecule has 1 aliphatic carbocycles. The lowest BCUT2D eigenvalue weighted by Gasteiger charge is -2.14. The number of ether oxygens (including phenoxy) is 1.